The summed E-state index contributed by atoms with van der Waals surface area (Å²) < 4.78 is 11.0. The highest BCUT2D eigenvalue weighted by Crippen LogP contribution is 2.29. The number of thiazole rings is 1. The number of nitrogens with zero attached hydrogens (tertiary/aromatic N) is 1. The van der Waals surface area contributed by atoms with Gasteiger partial charge in [-0.3, -0.25) is 4.79 Å². The number of aromatic nitrogens is 1. The fourth-order valence-corrected chi connectivity index (χ4v) is 3.65. The normalized spacial score (nSPS) is 12.0. The van der Waals surface area contributed by atoms with Crippen LogP contribution in [0.25, 0.3) is 10.8 Å². The van der Waals surface area contributed by atoms with Crippen molar-refractivity contribution in [2.45, 2.75) is 26.5 Å². The number of halogens is 2. The van der Waals surface area contributed by atoms with E-state index in [-0.39, 0.29) is 5.91 Å². The molecule has 2 heterocycles. The number of carbonyl (C=O) groups excluding carboxylic acids is 1. The second kappa shape index (κ2) is 8.12. The third-order valence-corrected chi connectivity index (χ3v) is 5.32. The van der Waals surface area contributed by atoms with E-state index in [0.29, 0.717) is 28.1 Å². The number of benzene rings is 1. The molecule has 0 aliphatic carbocycles. The van der Waals surface area contributed by atoms with E-state index in [2.05, 4.69) is 10.3 Å². The van der Waals surface area contributed by atoms with Crippen molar-refractivity contribution in [3.63, 3.8) is 0 Å². The quantitative estimate of drug-likeness (QED) is 0.613. The number of rotatable bonds is 6. The van der Waals surface area contributed by atoms with Crippen molar-refractivity contribution in [3.8, 4) is 16.5 Å². The average molecular weight is 411 g/mol. The van der Waals surface area contributed by atoms with E-state index < -0.39 is 6.10 Å². The first-order chi connectivity index (χ1) is 12.4. The van der Waals surface area contributed by atoms with Crippen molar-refractivity contribution in [2.75, 3.05) is 0 Å². The second-order valence-electron chi connectivity index (χ2n) is 5.56. The van der Waals surface area contributed by atoms with Crippen LogP contribution in [0.5, 0.6) is 5.75 Å². The van der Waals surface area contributed by atoms with Gasteiger partial charge in [-0.15, -0.1) is 11.3 Å². The minimum atomic E-state index is -0.702. The number of aryl methyl sites for hydroxylation is 1. The fourth-order valence-electron chi connectivity index (χ4n) is 2.22. The maximum Gasteiger partial charge on any atom is 0.261 e. The molecule has 3 aromatic rings. The van der Waals surface area contributed by atoms with Crippen molar-refractivity contribution in [1.29, 1.82) is 0 Å². The van der Waals surface area contributed by atoms with Gasteiger partial charge in [-0.1, -0.05) is 23.2 Å². The number of ether oxygens (including phenoxy) is 1. The van der Waals surface area contributed by atoms with Crippen LogP contribution < -0.4 is 10.1 Å². The summed E-state index contributed by atoms with van der Waals surface area (Å²) in [7, 11) is 0. The van der Waals surface area contributed by atoms with Crippen LogP contribution in [0.3, 0.4) is 0 Å². The highest BCUT2D eigenvalue weighted by Gasteiger charge is 2.18. The predicted octanol–water partition coefficient (Wildman–Crippen LogP) is 5.10. The van der Waals surface area contributed by atoms with Crippen LogP contribution in [0.1, 0.15) is 17.5 Å². The van der Waals surface area contributed by atoms with E-state index in [1.54, 1.807) is 31.4 Å². The average Bonchev–Trinajstić information content (AvgIpc) is 3.24. The highest BCUT2D eigenvalue weighted by atomic mass is 35.5. The van der Waals surface area contributed by atoms with Crippen LogP contribution in [0.4, 0.5) is 0 Å². The SMILES string of the molecule is Cc1nc(-c2ccco2)sc1CNC(=O)C(C)Oc1ccc(Cl)cc1Cl. The Morgan fingerprint density at radius 3 is 2.88 bits per heavy atom. The van der Waals surface area contributed by atoms with Gasteiger partial charge in [0.25, 0.3) is 5.91 Å². The lowest BCUT2D eigenvalue weighted by molar-refractivity contribution is -0.127. The Labute approximate surface area is 164 Å². The molecule has 1 N–H and O–H groups in total. The molecule has 8 heteroatoms. The molecule has 0 spiro atoms. The molecule has 0 radical (unpaired) electrons. The number of hydrogen-bond donors (Lipinski definition) is 1. The predicted molar refractivity (Wildman–Crippen MR) is 103 cm³/mol. The van der Waals surface area contributed by atoms with Gasteiger partial charge in [0.05, 0.1) is 23.5 Å². The molecule has 0 aliphatic heterocycles. The summed E-state index contributed by atoms with van der Waals surface area (Å²) >= 11 is 13.4. The maximum absolute atomic E-state index is 12.3. The van der Waals surface area contributed by atoms with Gasteiger partial charge in [0.1, 0.15) is 5.75 Å². The molecule has 2 aromatic heterocycles. The first-order valence-corrected chi connectivity index (χ1v) is 9.41. The molecule has 1 atom stereocenters. The molecule has 0 aliphatic rings. The van der Waals surface area contributed by atoms with Crippen LogP contribution in [0, 0.1) is 6.92 Å². The summed E-state index contributed by atoms with van der Waals surface area (Å²) in [5.41, 5.74) is 0.857. The van der Waals surface area contributed by atoms with Gasteiger partial charge in [0.15, 0.2) is 16.9 Å². The van der Waals surface area contributed by atoms with Crippen LogP contribution >= 0.6 is 34.5 Å². The summed E-state index contributed by atoms with van der Waals surface area (Å²) in [6, 6.07) is 8.53. The number of nitrogens with one attached hydrogen (secondary N) is 1. The minimum Gasteiger partial charge on any atom is -0.479 e. The van der Waals surface area contributed by atoms with Crippen LogP contribution in [-0.2, 0) is 11.3 Å². The van der Waals surface area contributed by atoms with Gasteiger partial charge in [0.2, 0.25) is 0 Å². The van der Waals surface area contributed by atoms with Crippen LogP contribution in [0.15, 0.2) is 41.0 Å². The molecule has 3 rings (SSSR count). The van der Waals surface area contributed by atoms with E-state index in [4.69, 9.17) is 32.4 Å². The minimum absolute atomic E-state index is 0.247. The van der Waals surface area contributed by atoms with Crippen molar-refractivity contribution >= 4 is 40.4 Å². The molecule has 0 saturated carbocycles. The fraction of sp³-hybridized carbons (Fsp3) is 0.222. The van der Waals surface area contributed by atoms with Gasteiger partial charge < -0.3 is 14.5 Å². The lowest BCUT2D eigenvalue weighted by Crippen LogP contribution is -2.35. The standard InChI is InChI=1S/C18H16Cl2N2O3S/c1-10-16(26-18(22-10)15-4-3-7-24-15)9-21-17(23)11(2)25-14-6-5-12(19)8-13(14)20/h3-8,11H,9H2,1-2H3,(H,21,23). The highest BCUT2D eigenvalue weighted by molar-refractivity contribution is 7.15. The van der Waals surface area contributed by atoms with Gasteiger partial charge >= 0.3 is 0 Å². The van der Waals surface area contributed by atoms with E-state index >= 15 is 0 Å². The van der Waals surface area contributed by atoms with Crippen molar-refractivity contribution in [2.24, 2.45) is 0 Å². The Bertz CT molecular complexity index is 909. The molecule has 5 nitrogen and oxygen atoms in total. The molecule has 1 unspecified atom stereocenters. The summed E-state index contributed by atoms with van der Waals surface area (Å²) in [4.78, 5) is 17.7. The number of furan rings is 1. The Hall–Kier alpha value is -2.02. The van der Waals surface area contributed by atoms with Crippen LogP contribution in [-0.4, -0.2) is 17.0 Å². The molecular weight excluding hydrogens is 395 g/mol. The number of hydrogen-bond acceptors (Lipinski definition) is 5. The van der Waals surface area contributed by atoms with E-state index in [1.807, 2.05) is 19.1 Å². The Morgan fingerprint density at radius 2 is 2.19 bits per heavy atom. The van der Waals surface area contributed by atoms with Gasteiger partial charge in [-0.2, -0.15) is 0 Å². The van der Waals surface area contributed by atoms with E-state index in [1.165, 1.54) is 11.3 Å². The summed E-state index contributed by atoms with van der Waals surface area (Å²) in [5.74, 6) is 0.876. The van der Waals surface area contributed by atoms with Gasteiger partial charge in [0, 0.05) is 9.90 Å². The van der Waals surface area contributed by atoms with Gasteiger partial charge in [-0.25, -0.2) is 4.98 Å². The summed E-state index contributed by atoms with van der Waals surface area (Å²) in [5, 5.41) is 4.51. The number of amides is 1. The molecule has 0 bridgehead atoms. The molecule has 1 amide bonds. The smallest absolute Gasteiger partial charge is 0.261 e. The third kappa shape index (κ3) is 4.38. The summed E-state index contributed by atoms with van der Waals surface area (Å²) in [6.45, 7) is 3.93. The third-order valence-electron chi connectivity index (χ3n) is 3.61. The topological polar surface area (TPSA) is 64.4 Å². The second-order valence-corrected chi connectivity index (χ2v) is 7.48. The lowest BCUT2D eigenvalue weighted by atomic mass is 10.3. The first kappa shape index (κ1) is 18.8. The maximum atomic E-state index is 12.3. The molecular formula is C18H16Cl2N2O3S. The molecule has 26 heavy (non-hydrogen) atoms. The number of carbonyl (C=O) groups is 1. The lowest BCUT2D eigenvalue weighted by Gasteiger charge is -2.15. The summed E-state index contributed by atoms with van der Waals surface area (Å²) in [6.07, 6.45) is 0.903. The van der Waals surface area contributed by atoms with E-state index in [0.717, 1.165) is 15.6 Å². The largest absolute Gasteiger partial charge is 0.479 e. The Morgan fingerprint density at radius 1 is 1.38 bits per heavy atom. The molecule has 136 valence electrons. The molecule has 0 fully saturated rings. The van der Waals surface area contributed by atoms with Crippen molar-refractivity contribution in [3.05, 3.63) is 57.2 Å². The van der Waals surface area contributed by atoms with Crippen molar-refractivity contribution < 1.29 is 13.9 Å². The first-order valence-electron chi connectivity index (χ1n) is 7.83. The van der Waals surface area contributed by atoms with Gasteiger partial charge in [-0.05, 0) is 44.2 Å². The monoisotopic (exact) mass is 410 g/mol. The Balaban J connectivity index is 1.60. The van der Waals surface area contributed by atoms with Crippen molar-refractivity contribution in [1.82, 2.24) is 10.3 Å². The zero-order chi connectivity index (χ0) is 18.7. The van der Waals surface area contributed by atoms with E-state index in [9.17, 15) is 4.79 Å². The zero-order valence-electron chi connectivity index (χ0n) is 14.1. The molecule has 1 aromatic carbocycles. The Kier molecular flexibility index (Phi) is 5.86. The molecule has 0 saturated heterocycles. The zero-order valence-corrected chi connectivity index (χ0v) is 16.4. The van der Waals surface area contributed by atoms with Crippen LogP contribution in [0.2, 0.25) is 10.0 Å².